The van der Waals surface area contributed by atoms with Gasteiger partial charge in [-0.15, -0.1) is 12.4 Å². The van der Waals surface area contributed by atoms with E-state index in [0.717, 1.165) is 38.0 Å². The predicted molar refractivity (Wildman–Crippen MR) is 136 cm³/mol. The average molecular weight is 458 g/mol. The van der Waals surface area contributed by atoms with Gasteiger partial charge in [0.1, 0.15) is 0 Å². The molecule has 1 aliphatic rings. The van der Waals surface area contributed by atoms with Crippen LogP contribution in [-0.2, 0) is 12.8 Å². The van der Waals surface area contributed by atoms with Gasteiger partial charge in [-0.2, -0.15) is 5.26 Å². The number of nitriles is 1. The maximum absolute atomic E-state index is 12.5. The molecule has 0 fully saturated rings. The van der Waals surface area contributed by atoms with Crippen LogP contribution in [0.3, 0.4) is 0 Å². The Hall–Kier alpha value is -3.55. The molecule has 4 rings (SSSR count). The zero-order valence-corrected chi connectivity index (χ0v) is 19.6. The van der Waals surface area contributed by atoms with Crippen LogP contribution in [0.15, 0.2) is 78.5 Å². The summed E-state index contributed by atoms with van der Waals surface area (Å²) in [6.07, 6.45) is 5.33. The van der Waals surface area contributed by atoms with E-state index in [4.69, 9.17) is 5.26 Å². The maximum atomic E-state index is 12.5. The van der Waals surface area contributed by atoms with Gasteiger partial charge in [0, 0.05) is 36.5 Å². The molecule has 0 saturated heterocycles. The maximum Gasteiger partial charge on any atom is 0.255 e. The first-order valence-corrected chi connectivity index (χ1v) is 11.1. The molecule has 0 aliphatic heterocycles. The van der Waals surface area contributed by atoms with Crippen molar-refractivity contribution in [3.8, 4) is 6.07 Å². The second-order valence-electron chi connectivity index (χ2n) is 8.09. The van der Waals surface area contributed by atoms with E-state index in [-0.39, 0.29) is 18.3 Å². The molecule has 0 heterocycles. The minimum atomic E-state index is -0.173. The average Bonchev–Trinajstić information content (AvgIpc) is 3.26. The first-order chi connectivity index (χ1) is 15.7. The molecule has 168 valence electrons. The van der Waals surface area contributed by atoms with Crippen LogP contribution >= 0.6 is 12.4 Å². The van der Waals surface area contributed by atoms with Crippen LogP contribution in [0, 0.1) is 11.3 Å². The Morgan fingerprint density at radius 3 is 2.55 bits per heavy atom. The SMILES string of the molecule is CCCN(CCc1cccc(NC(=O)c2ccc(C#N)cc2)c1)C1=Cc2ccccc2C1.Cl. The number of hydrogen-bond acceptors (Lipinski definition) is 3. The van der Waals surface area contributed by atoms with Crippen molar-refractivity contribution in [1.82, 2.24) is 4.90 Å². The van der Waals surface area contributed by atoms with Crippen molar-refractivity contribution >= 4 is 30.1 Å². The van der Waals surface area contributed by atoms with Gasteiger partial charge >= 0.3 is 0 Å². The number of benzene rings is 3. The van der Waals surface area contributed by atoms with Crippen molar-refractivity contribution in [3.05, 3.63) is 106 Å². The van der Waals surface area contributed by atoms with Crippen LogP contribution in [0.4, 0.5) is 5.69 Å². The fourth-order valence-electron chi connectivity index (χ4n) is 4.10. The number of amides is 1. The van der Waals surface area contributed by atoms with E-state index in [9.17, 15) is 4.79 Å². The number of hydrogen-bond donors (Lipinski definition) is 1. The zero-order chi connectivity index (χ0) is 22.3. The molecule has 0 saturated carbocycles. The fraction of sp³-hybridized carbons (Fsp3) is 0.214. The van der Waals surface area contributed by atoms with Crippen LogP contribution in [0.5, 0.6) is 0 Å². The molecule has 3 aromatic rings. The second kappa shape index (κ2) is 11.4. The monoisotopic (exact) mass is 457 g/mol. The highest BCUT2D eigenvalue weighted by Crippen LogP contribution is 2.27. The largest absolute Gasteiger partial charge is 0.374 e. The van der Waals surface area contributed by atoms with Crippen LogP contribution in [0.25, 0.3) is 6.08 Å². The van der Waals surface area contributed by atoms with Crippen LogP contribution in [0.2, 0.25) is 0 Å². The summed E-state index contributed by atoms with van der Waals surface area (Å²) in [5, 5.41) is 11.9. The molecule has 33 heavy (non-hydrogen) atoms. The molecule has 0 bridgehead atoms. The molecule has 5 heteroatoms. The van der Waals surface area contributed by atoms with E-state index in [0.29, 0.717) is 11.1 Å². The second-order valence-corrected chi connectivity index (χ2v) is 8.09. The fourth-order valence-corrected chi connectivity index (χ4v) is 4.10. The van der Waals surface area contributed by atoms with Crippen LogP contribution in [0.1, 0.15) is 46.0 Å². The highest BCUT2D eigenvalue weighted by molar-refractivity contribution is 6.04. The smallest absolute Gasteiger partial charge is 0.255 e. The van der Waals surface area contributed by atoms with Gasteiger partial charge in [0.2, 0.25) is 0 Å². The van der Waals surface area contributed by atoms with Crippen molar-refractivity contribution in [3.63, 3.8) is 0 Å². The normalized spacial score (nSPS) is 11.6. The van der Waals surface area contributed by atoms with Crippen LogP contribution in [-0.4, -0.2) is 23.9 Å². The van der Waals surface area contributed by atoms with Gasteiger partial charge < -0.3 is 10.2 Å². The minimum Gasteiger partial charge on any atom is -0.374 e. The number of carbonyl (C=O) groups excluding carboxylic acids is 1. The third kappa shape index (κ3) is 6.03. The summed E-state index contributed by atoms with van der Waals surface area (Å²) >= 11 is 0. The molecule has 0 unspecified atom stereocenters. The van der Waals surface area contributed by atoms with Gasteiger partial charge in [-0.25, -0.2) is 0 Å². The number of halogens is 1. The van der Waals surface area contributed by atoms with Gasteiger partial charge in [-0.05, 0) is 72.0 Å². The lowest BCUT2D eigenvalue weighted by molar-refractivity contribution is 0.102. The third-order valence-electron chi connectivity index (χ3n) is 5.78. The molecule has 0 spiro atoms. The number of nitrogens with zero attached hydrogens (tertiary/aromatic N) is 2. The highest BCUT2D eigenvalue weighted by Gasteiger charge is 2.17. The molecule has 1 amide bonds. The van der Waals surface area contributed by atoms with Crippen molar-refractivity contribution in [2.24, 2.45) is 0 Å². The number of anilines is 1. The standard InChI is InChI=1S/C28H27N3O.ClH/c1-2-15-31(27-18-24-7-3-4-8-25(24)19-27)16-14-21-6-5-9-26(17-21)30-28(32)23-12-10-22(20-29)11-13-23;/h3-13,17-18H,2,14-16,19H2,1H3,(H,30,32);1H. The Labute approximate surface area is 202 Å². The van der Waals surface area contributed by atoms with E-state index in [2.05, 4.69) is 59.6 Å². The molecule has 1 N–H and O–H groups in total. The summed E-state index contributed by atoms with van der Waals surface area (Å²) in [5.41, 5.74) is 7.17. The van der Waals surface area contributed by atoms with E-state index in [1.165, 1.54) is 22.4 Å². The molecular formula is C28H28ClN3O. The summed E-state index contributed by atoms with van der Waals surface area (Å²) in [6, 6.07) is 25.4. The van der Waals surface area contributed by atoms with Gasteiger partial charge in [-0.1, -0.05) is 43.3 Å². The number of carbonyl (C=O) groups is 1. The summed E-state index contributed by atoms with van der Waals surface area (Å²) in [5.74, 6) is -0.173. The summed E-state index contributed by atoms with van der Waals surface area (Å²) in [4.78, 5) is 15.0. The Kier molecular flexibility index (Phi) is 8.29. The number of rotatable bonds is 8. The van der Waals surface area contributed by atoms with E-state index >= 15 is 0 Å². The first-order valence-electron chi connectivity index (χ1n) is 11.1. The lowest BCUT2D eigenvalue weighted by Crippen LogP contribution is -2.26. The third-order valence-corrected chi connectivity index (χ3v) is 5.78. The summed E-state index contributed by atoms with van der Waals surface area (Å²) < 4.78 is 0. The van der Waals surface area contributed by atoms with Crippen molar-refractivity contribution in [1.29, 1.82) is 5.26 Å². The van der Waals surface area contributed by atoms with Crippen molar-refractivity contribution in [2.75, 3.05) is 18.4 Å². The topological polar surface area (TPSA) is 56.1 Å². The summed E-state index contributed by atoms with van der Waals surface area (Å²) in [6.45, 7) is 4.20. The van der Waals surface area contributed by atoms with Crippen molar-refractivity contribution in [2.45, 2.75) is 26.2 Å². The Bertz CT molecular complexity index is 1180. The van der Waals surface area contributed by atoms with Gasteiger partial charge in [0.15, 0.2) is 0 Å². The number of fused-ring (bicyclic) bond motifs is 1. The molecule has 0 radical (unpaired) electrons. The Balaban J connectivity index is 0.00000306. The number of allylic oxidation sites excluding steroid dienone is 1. The van der Waals surface area contributed by atoms with Gasteiger partial charge in [0.05, 0.1) is 11.6 Å². The minimum absolute atomic E-state index is 0. The van der Waals surface area contributed by atoms with Crippen LogP contribution < -0.4 is 5.32 Å². The quantitative estimate of drug-likeness (QED) is 0.445. The lowest BCUT2D eigenvalue weighted by Gasteiger charge is -2.26. The van der Waals surface area contributed by atoms with Gasteiger partial charge in [-0.3, -0.25) is 4.79 Å². The Morgan fingerprint density at radius 2 is 1.82 bits per heavy atom. The molecule has 0 aromatic heterocycles. The molecule has 0 atom stereocenters. The molecular weight excluding hydrogens is 430 g/mol. The predicted octanol–water partition coefficient (Wildman–Crippen LogP) is 6.08. The zero-order valence-electron chi connectivity index (χ0n) is 18.8. The lowest BCUT2D eigenvalue weighted by atomic mass is 10.1. The Morgan fingerprint density at radius 1 is 1.03 bits per heavy atom. The van der Waals surface area contributed by atoms with E-state index in [1.807, 2.05) is 18.2 Å². The number of nitrogens with one attached hydrogen (secondary N) is 1. The molecule has 1 aliphatic carbocycles. The van der Waals surface area contributed by atoms with Gasteiger partial charge in [0.25, 0.3) is 5.91 Å². The van der Waals surface area contributed by atoms with Crippen molar-refractivity contribution < 1.29 is 4.79 Å². The molecule has 4 nitrogen and oxygen atoms in total. The van der Waals surface area contributed by atoms with E-state index < -0.39 is 0 Å². The first kappa shape index (κ1) is 24.1. The highest BCUT2D eigenvalue weighted by atomic mass is 35.5. The summed E-state index contributed by atoms with van der Waals surface area (Å²) in [7, 11) is 0. The molecule has 3 aromatic carbocycles. The van der Waals surface area contributed by atoms with E-state index in [1.54, 1.807) is 24.3 Å².